The summed E-state index contributed by atoms with van der Waals surface area (Å²) in [7, 11) is 0. The van der Waals surface area contributed by atoms with E-state index in [9.17, 15) is 19.8 Å². The summed E-state index contributed by atoms with van der Waals surface area (Å²) in [5.41, 5.74) is -0.00836. The van der Waals surface area contributed by atoms with E-state index in [-0.39, 0.29) is 12.8 Å². The van der Waals surface area contributed by atoms with Crippen molar-refractivity contribution in [2.75, 3.05) is 0 Å². The summed E-state index contributed by atoms with van der Waals surface area (Å²) >= 11 is 0. The van der Waals surface area contributed by atoms with Gasteiger partial charge >= 0.3 is 12.1 Å². The third-order valence-electron chi connectivity index (χ3n) is 5.09. The van der Waals surface area contributed by atoms with Crippen LogP contribution in [0.1, 0.15) is 36.4 Å². The van der Waals surface area contributed by atoms with Gasteiger partial charge in [0.25, 0.3) is 0 Å². The Morgan fingerprint density at radius 3 is 2.39 bits per heavy atom. The SMILES string of the molecule is N#CC[C@]1(C(=O)O)CC[C@@H](c2ccc(OCc3ccccc3)cc2)N1C(=O)O. The molecule has 7 nitrogen and oxygen atoms in total. The van der Waals surface area contributed by atoms with Crippen molar-refractivity contribution < 1.29 is 24.5 Å². The maximum Gasteiger partial charge on any atom is 0.408 e. The van der Waals surface area contributed by atoms with Gasteiger partial charge in [0.15, 0.2) is 5.54 Å². The highest BCUT2D eigenvalue weighted by molar-refractivity contribution is 5.85. The lowest BCUT2D eigenvalue weighted by molar-refractivity contribution is -0.149. The van der Waals surface area contributed by atoms with E-state index in [0.29, 0.717) is 24.3 Å². The number of amides is 1. The van der Waals surface area contributed by atoms with Gasteiger partial charge in [-0.2, -0.15) is 5.26 Å². The second-order valence-corrected chi connectivity index (χ2v) is 6.72. The molecule has 1 saturated heterocycles. The van der Waals surface area contributed by atoms with Crippen molar-refractivity contribution in [1.82, 2.24) is 4.90 Å². The van der Waals surface area contributed by atoms with E-state index in [1.165, 1.54) is 0 Å². The largest absolute Gasteiger partial charge is 0.489 e. The topological polar surface area (TPSA) is 111 Å². The van der Waals surface area contributed by atoms with Crippen molar-refractivity contribution in [1.29, 1.82) is 5.26 Å². The zero-order chi connectivity index (χ0) is 20.1. The molecule has 1 aliphatic heterocycles. The Hall–Kier alpha value is -3.53. The molecule has 2 atom stereocenters. The monoisotopic (exact) mass is 380 g/mol. The molecule has 0 spiro atoms. The predicted octanol–water partition coefficient (Wildman–Crippen LogP) is 3.82. The molecule has 0 aliphatic carbocycles. The van der Waals surface area contributed by atoms with Gasteiger partial charge in [-0.15, -0.1) is 0 Å². The molecule has 144 valence electrons. The van der Waals surface area contributed by atoms with E-state index in [4.69, 9.17) is 10.00 Å². The summed E-state index contributed by atoms with van der Waals surface area (Å²) < 4.78 is 5.73. The molecule has 7 heteroatoms. The molecule has 1 fully saturated rings. The van der Waals surface area contributed by atoms with Crippen LogP contribution in [0.25, 0.3) is 0 Å². The van der Waals surface area contributed by atoms with Crippen LogP contribution in [0, 0.1) is 11.3 Å². The fourth-order valence-corrected chi connectivity index (χ4v) is 3.67. The van der Waals surface area contributed by atoms with E-state index in [1.807, 2.05) is 36.4 Å². The zero-order valence-corrected chi connectivity index (χ0v) is 15.1. The van der Waals surface area contributed by atoms with Gasteiger partial charge in [0.1, 0.15) is 12.4 Å². The number of ether oxygens (including phenoxy) is 1. The summed E-state index contributed by atoms with van der Waals surface area (Å²) in [6.45, 7) is 0.412. The van der Waals surface area contributed by atoms with E-state index >= 15 is 0 Å². The van der Waals surface area contributed by atoms with Gasteiger partial charge in [0.2, 0.25) is 0 Å². The summed E-state index contributed by atoms with van der Waals surface area (Å²) in [6, 6.07) is 17.9. The fourth-order valence-electron chi connectivity index (χ4n) is 3.67. The van der Waals surface area contributed by atoms with Crippen LogP contribution >= 0.6 is 0 Å². The van der Waals surface area contributed by atoms with E-state index in [1.54, 1.807) is 24.3 Å². The van der Waals surface area contributed by atoms with Crippen molar-refractivity contribution >= 4 is 12.1 Å². The number of aliphatic carboxylic acids is 1. The molecule has 0 saturated carbocycles. The van der Waals surface area contributed by atoms with E-state index in [2.05, 4.69) is 0 Å². The van der Waals surface area contributed by atoms with Crippen molar-refractivity contribution in [2.45, 2.75) is 37.5 Å². The van der Waals surface area contributed by atoms with Crippen LogP contribution in [0.4, 0.5) is 4.79 Å². The molecular formula is C21H20N2O5. The Labute approximate surface area is 162 Å². The molecule has 1 amide bonds. The molecule has 1 heterocycles. The summed E-state index contributed by atoms with van der Waals surface area (Å²) in [4.78, 5) is 24.6. The summed E-state index contributed by atoms with van der Waals surface area (Å²) in [5, 5.41) is 28.3. The van der Waals surface area contributed by atoms with Crippen LogP contribution in [-0.2, 0) is 11.4 Å². The molecule has 2 aromatic carbocycles. The lowest BCUT2D eigenvalue weighted by Gasteiger charge is -2.34. The first kappa shape index (κ1) is 19.2. The fraction of sp³-hybridized carbons (Fsp3) is 0.286. The minimum Gasteiger partial charge on any atom is -0.489 e. The Morgan fingerprint density at radius 1 is 1.14 bits per heavy atom. The Bertz CT molecular complexity index is 891. The molecule has 2 N–H and O–H groups in total. The lowest BCUT2D eigenvalue weighted by atomic mass is 9.93. The smallest absolute Gasteiger partial charge is 0.408 e. The van der Waals surface area contributed by atoms with Gasteiger partial charge < -0.3 is 14.9 Å². The first-order chi connectivity index (χ1) is 13.5. The van der Waals surface area contributed by atoms with Crippen LogP contribution in [0.2, 0.25) is 0 Å². The standard InChI is InChI=1S/C21H20N2O5/c22-13-12-21(19(24)25)11-10-18(23(21)20(26)27)16-6-8-17(9-7-16)28-14-15-4-2-1-3-5-15/h1-9,18H,10-12,14H2,(H,24,25)(H,26,27)/t18-,21-/m0/s1. The van der Waals surface area contributed by atoms with Crippen molar-refractivity contribution in [3.8, 4) is 11.8 Å². The highest BCUT2D eigenvalue weighted by atomic mass is 16.5. The first-order valence-electron chi connectivity index (χ1n) is 8.87. The number of benzene rings is 2. The first-order valence-corrected chi connectivity index (χ1v) is 8.87. The van der Waals surface area contributed by atoms with Crippen LogP contribution < -0.4 is 4.74 Å². The lowest BCUT2D eigenvalue weighted by Crippen LogP contribution is -2.53. The van der Waals surface area contributed by atoms with Crippen LogP contribution in [-0.4, -0.2) is 32.7 Å². The Kier molecular flexibility index (Phi) is 5.50. The highest BCUT2D eigenvalue weighted by Gasteiger charge is 2.55. The number of carboxylic acids is 1. The van der Waals surface area contributed by atoms with Crippen LogP contribution in [0.5, 0.6) is 5.75 Å². The summed E-state index contributed by atoms with van der Waals surface area (Å²) in [5.74, 6) is -0.657. The minimum atomic E-state index is -1.71. The van der Waals surface area contributed by atoms with Crippen molar-refractivity contribution in [2.24, 2.45) is 0 Å². The van der Waals surface area contributed by atoms with Gasteiger partial charge in [-0.25, -0.2) is 9.59 Å². The third kappa shape index (κ3) is 3.62. The average molecular weight is 380 g/mol. The quantitative estimate of drug-likeness (QED) is 0.788. The molecule has 0 bridgehead atoms. The molecule has 0 radical (unpaired) electrons. The maximum atomic E-state index is 11.8. The van der Waals surface area contributed by atoms with E-state index < -0.39 is 23.6 Å². The number of nitriles is 1. The average Bonchev–Trinajstić information content (AvgIpc) is 3.09. The highest BCUT2D eigenvalue weighted by Crippen LogP contribution is 2.45. The van der Waals surface area contributed by atoms with Gasteiger partial charge in [0.05, 0.1) is 18.5 Å². The van der Waals surface area contributed by atoms with Gasteiger partial charge in [-0.3, -0.25) is 4.90 Å². The number of rotatable bonds is 6. The second-order valence-electron chi connectivity index (χ2n) is 6.72. The van der Waals surface area contributed by atoms with Crippen molar-refractivity contribution in [3.05, 3.63) is 65.7 Å². The van der Waals surface area contributed by atoms with Crippen LogP contribution in [0.3, 0.4) is 0 Å². The number of nitrogens with zero attached hydrogens (tertiary/aromatic N) is 2. The molecule has 28 heavy (non-hydrogen) atoms. The minimum absolute atomic E-state index is 0.0963. The van der Waals surface area contributed by atoms with Gasteiger partial charge in [-0.05, 0) is 36.1 Å². The number of hydrogen-bond donors (Lipinski definition) is 2. The van der Waals surface area contributed by atoms with Crippen molar-refractivity contribution in [3.63, 3.8) is 0 Å². The second kappa shape index (κ2) is 8.01. The zero-order valence-electron chi connectivity index (χ0n) is 15.1. The normalized spacial score (nSPS) is 21.1. The predicted molar refractivity (Wildman–Crippen MR) is 99.7 cm³/mol. The Balaban J connectivity index is 1.78. The molecular weight excluding hydrogens is 360 g/mol. The maximum absolute atomic E-state index is 11.8. The number of carboxylic acid groups (broad SMARTS) is 2. The number of carbonyl (C=O) groups is 2. The van der Waals surface area contributed by atoms with Gasteiger partial charge in [-0.1, -0.05) is 42.5 Å². The molecule has 0 aromatic heterocycles. The number of likely N-dealkylation sites (tertiary alicyclic amines) is 1. The molecule has 0 unspecified atom stereocenters. The third-order valence-corrected chi connectivity index (χ3v) is 5.09. The van der Waals surface area contributed by atoms with Crippen LogP contribution in [0.15, 0.2) is 54.6 Å². The molecule has 2 aromatic rings. The number of hydrogen-bond acceptors (Lipinski definition) is 4. The Morgan fingerprint density at radius 2 is 1.82 bits per heavy atom. The van der Waals surface area contributed by atoms with Gasteiger partial charge in [0, 0.05) is 0 Å². The van der Waals surface area contributed by atoms with E-state index in [0.717, 1.165) is 10.5 Å². The summed E-state index contributed by atoms with van der Waals surface area (Å²) in [6.07, 6.45) is -1.29. The molecule has 1 aliphatic rings. The molecule has 3 rings (SSSR count).